The molecule has 2 rings (SSSR count). The second-order valence-corrected chi connectivity index (χ2v) is 6.09. The highest BCUT2D eigenvalue weighted by molar-refractivity contribution is 9.10. The molecule has 0 bridgehead atoms. The number of rotatable bonds is 3. The normalized spacial score (nSPS) is 19.0. The molecule has 0 saturated heterocycles. The molecule has 0 atom stereocenters. The fourth-order valence-corrected chi connectivity index (χ4v) is 3.02. The van der Waals surface area contributed by atoms with Gasteiger partial charge in [0, 0.05) is 11.0 Å². The minimum absolute atomic E-state index is 0.561. The fraction of sp³-hybridized carbons (Fsp3) is 0.538. The van der Waals surface area contributed by atoms with Crippen LogP contribution in [0.1, 0.15) is 32.1 Å². The second-order valence-electron chi connectivity index (χ2n) is 4.76. The number of halogens is 2. The third kappa shape index (κ3) is 3.60. The van der Waals surface area contributed by atoms with Gasteiger partial charge in [-0.15, -0.1) is 0 Å². The summed E-state index contributed by atoms with van der Waals surface area (Å²) in [5.74, 6) is 0. The topological polar surface area (TPSA) is 32.3 Å². The molecule has 0 heterocycles. The van der Waals surface area contributed by atoms with Crippen LogP contribution in [0.4, 0.5) is 5.69 Å². The van der Waals surface area contributed by atoms with Crippen molar-refractivity contribution in [2.24, 2.45) is 0 Å². The minimum atomic E-state index is -0.561. The standard InChI is InChI=1S/C13H17BrClNO/c14-10-4-5-12(11(15)8-10)16-9-13(17)6-2-1-3-7-13/h4-5,8,16-17H,1-3,6-7,9H2. The summed E-state index contributed by atoms with van der Waals surface area (Å²) >= 11 is 9.49. The fourth-order valence-electron chi connectivity index (χ4n) is 2.28. The van der Waals surface area contributed by atoms with E-state index in [0.29, 0.717) is 11.6 Å². The molecule has 2 nitrogen and oxygen atoms in total. The third-order valence-electron chi connectivity index (χ3n) is 3.32. The zero-order valence-corrected chi connectivity index (χ0v) is 12.0. The van der Waals surface area contributed by atoms with Gasteiger partial charge in [0.15, 0.2) is 0 Å². The molecule has 0 spiro atoms. The summed E-state index contributed by atoms with van der Waals surface area (Å²) in [7, 11) is 0. The van der Waals surface area contributed by atoms with Crippen molar-refractivity contribution in [1.82, 2.24) is 0 Å². The van der Waals surface area contributed by atoms with Crippen LogP contribution in [0, 0.1) is 0 Å². The lowest BCUT2D eigenvalue weighted by Gasteiger charge is -2.32. The number of hydrogen-bond acceptors (Lipinski definition) is 2. The van der Waals surface area contributed by atoms with Crippen LogP contribution in [0.3, 0.4) is 0 Å². The van der Waals surface area contributed by atoms with E-state index in [1.165, 1.54) is 6.42 Å². The molecule has 0 amide bonds. The molecular weight excluding hydrogens is 302 g/mol. The number of anilines is 1. The molecule has 1 aliphatic rings. The average Bonchev–Trinajstić information content (AvgIpc) is 2.29. The van der Waals surface area contributed by atoms with Gasteiger partial charge in [-0.3, -0.25) is 0 Å². The molecular formula is C13H17BrClNO. The molecule has 1 fully saturated rings. The predicted molar refractivity (Wildman–Crippen MR) is 75.7 cm³/mol. The number of benzene rings is 1. The van der Waals surface area contributed by atoms with Gasteiger partial charge < -0.3 is 10.4 Å². The maximum atomic E-state index is 10.4. The highest BCUT2D eigenvalue weighted by atomic mass is 79.9. The average molecular weight is 319 g/mol. The Morgan fingerprint density at radius 1 is 1.29 bits per heavy atom. The maximum Gasteiger partial charge on any atom is 0.0819 e. The van der Waals surface area contributed by atoms with Crippen molar-refractivity contribution in [3.05, 3.63) is 27.7 Å². The van der Waals surface area contributed by atoms with Crippen molar-refractivity contribution in [1.29, 1.82) is 0 Å². The van der Waals surface area contributed by atoms with Crippen LogP contribution >= 0.6 is 27.5 Å². The first-order valence-corrected chi connectivity index (χ1v) is 7.17. The van der Waals surface area contributed by atoms with Crippen LogP contribution in [0.5, 0.6) is 0 Å². The van der Waals surface area contributed by atoms with Crippen LogP contribution in [0.25, 0.3) is 0 Å². The summed E-state index contributed by atoms with van der Waals surface area (Å²) < 4.78 is 0.962. The molecule has 4 heteroatoms. The zero-order valence-electron chi connectivity index (χ0n) is 9.68. The molecule has 0 aromatic heterocycles. The minimum Gasteiger partial charge on any atom is -0.388 e. The number of aliphatic hydroxyl groups is 1. The molecule has 0 radical (unpaired) electrons. The third-order valence-corrected chi connectivity index (χ3v) is 4.13. The Morgan fingerprint density at radius 2 is 2.00 bits per heavy atom. The van der Waals surface area contributed by atoms with Crippen molar-refractivity contribution in [3.63, 3.8) is 0 Å². The molecule has 0 unspecified atom stereocenters. The smallest absolute Gasteiger partial charge is 0.0819 e. The lowest BCUT2D eigenvalue weighted by Crippen LogP contribution is -2.38. The van der Waals surface area contributed by atoms with Gasteiger partial charge in [0.05, 0.1) is 16.3 Å². The van der Waals surface area contributed by atoms with Gasteiger partial charge in [-0.2, -0.15) is 0 Å². The van der Waals surface area contributed by atoms with Gasteiger partial charge in [0.25, 0.3) is 0 Å². The van der Waals surface area contributed by atoms with Crippen molar-refractivity contribution >= 4 is 33.2 Å². The highest BCUT2D eigenvalue weighted by Gasteiger charge is 2.28. The van der Waals surface area contributed by atoms with E-state index in [2.05, 4.69) is 21.2 Å². The lowest BCUT2D eigenvalue weighted by atomic mass is 9.85. The first-order valence-electron chi connectivity index (χ1n) is 6.00. The highest BCUT2D eigenvalue weighted by Crippen LogP contribution is 2.30. The Labute approximate surface area is 115 Å². The predicted octanol–water partition coefficient (Wildman–Crippen LogP) is 4.21. The Balaban J connectivity index is 1.97. The summed E-state index contributed by atoms with van der Waals surface area (Å²) in [5, 5.41) is 14.3. The molecule has 2 N–H and O–H groups in total. The second kappa shape index (κ2) is 5.59. The van der Waals surface area contributed by atoms with E-state index in [9.17, 15) is 5.11 Å². The Bertz CT molecular complexity index is 391. The lowest BCUT2D eigenvalue weighted by molar-refractivity contribution is 0.0167. The quantitative estimate of drug-likeness (QED) is 0.875. The molecule has 1 saturated carbocycles. The van der Waals surface area contributed by atoms with E-state index in [-0.39, 0.29) is 0 Å². The van der Waals surface area contributed by atoms with Crippen molar-refractivity contribution in [2.45, 2.75) is 37.7 Å². The van der Waals surface area contributed by atoms with E-state index in [1.807, 2.05) is 18.2 Å². The Hall–Kier alpha value is -0.250. The maximum absolute atomic E-state index is 10.4. The van der Waals surface area contributed by atoms with Crippen molar-refractivity contribution in [2.75, 3.05) is 11.9 Å². The van der Waals surface area contributed by atoms with Gasteiger partial charge in [0.1, 0.15) is 0 Å². The van der Waals surface area contributed by atoms with Crippen LogP contribution in [-0.2, 0) is 0 Å². The number of hydrogen-bond donors (Lipinski definition) is 2. The summed E-state index contributed by atoms with van der Waals surface area (Å²) in [6, 6.07) is 5.73. The first-order chi connectivity index (χ1) is 8.09. The van der Waals surface area contributed by atoms with Gasteiger partial charge >= 0.3 is 0 Å². The monoisotopic (exact) mass is 317 g/mol. The van der Waals surface area contributed by atoms with Crippen molar-refractivity contribution < 1.29 is 5.11 Å². The molecule has 94 valence electrons. The molecule has 1 aromatic rings. The molecule has 0 aliphatic heterocycles. The van der Waals surface area contributed by atoms with E-state index in [1.54, 1.807) is 0 Å². The van der Waals surface area contributed by atoms with Gasteiger partial charge in [0.2, 0.25) is 0 Å². The van der Waals surface area contributed by atoms with Crippen LogP contribution in [0.15, 0.2) is 22.7 Å². The van der Waals surface area contributed by atoms with Crippen LogP contribution in [-0.4, -0.2) is 17.3 Å². The van der Waals surface area contributed by atoms with Gasteiger partial charge in [-0.25, -0.2) is 0 Å². The van der Waals surface area contributed by atoms with E-state index in [4.69, 9.17) is 11.6 Å². The first kappa shape index (κ1) is 13.2. The SMILES string of the molecule is OC1(CNc2ccc(Br)cc2Cl)CCCCC1. The van der Waals surface area contributed by atoms with Crippen LogP contribution < -0.4 is 5.32 Å². The molecule has 1 aromatic carbocycles. The van der Waals surface area contributed by atoms with Gasteiger partial charge in [-0.05, 0) is 31.0 Å². The zero-order chi connectivity index (χ0) is 12.3. The number of nitrogens with one attached hydrogen (secondary N) is 1. The Morgan fingerprint density at radius 3 is 2.65 bits per heavy atom. The summed E-state index contributed by atoms with van der Waals surface area (Å²) in [4.78, 5) is 0. The van der Waals surface area contributed by atoms with Gasteiger partial charge in [-0.1, -0.05) is 46.8 Å². The largest absolute Gasteiger partial charge is 0.388 e. The summed E-state index contributed by atoms with van der Waals surface area (Å²) in [6.45, 7) is 0.578. The molecule has 17 heavy (non-hydrogen) atoms. The molecule has 1 aliphatic carbocycles. The summed E-state index contributed by atoms with van der Waals surface area (Å²) in [6.07, 6.45) is 5.24. The van der Waals surface area contributed by atoms with Crippen LogP contribution in [0.2, 0.25) is 5.02 Å². The summed E-state index contributed by atoms with van der Waals surface area (Å²) in [5.41, 5.74) is 0.322. The van der Waals surface area contributed by atoms with E-state index in [0.717, 1.165) is 35.8 Å². The van der Waals surface area contributed by atoms with E-state index < -0.39 is 5.60 Å². The van der Waals surface area contributed by atoms with E-state index >= 15 is 0 Å². The Kier molecular flexibility index (Phi) is 4.34. The van der Waals surface area contributed by atoms with Crippen molar-refractivity contribution in [3.8, 4) is 0 Å².